The van der Waals surface area contributed by atoms with Gasteiger partial charge in [-0.05, 0) is 52.9 Å². The maximum absolute atomic E-state index is 12.2. The fourth-order valence-electron chi connectivity index (χ4n) is 2.81. The number of likely N-dealkylation sites (tertiary alicyclic amines) is 1. The summed E-state index contributed by atoms with van der Waals surface area (Å²) in [6.07, 6.45) is 7.87. The minimum absolute atomic E-state index is 0.0655. The van der Waals surface area contributed by atoms with Crippen molar-refractivity contribution in [2.24, 2.45) is 5.92 Å². The molecular weight excluding hydrogens is 306 g/mol. The number of ether oxygens (including phenoxy) is 2. The number of carbonyl (C=O) groups is 1. The number of hydrogen-bond donors (Lipinski definition) is 0. The van der Waals surface area contributed by atoms with Gasteiger partial charge in [-0.2, -0.15) is 0 Å². The molecule has 1 fully saturated rings. The Morgan fingerprint density at radius 3 is 2.88 bits per heavy atom. The van der Waals surface area contributed by atoms with E-state index in [9.17, 15) is 4.79 Å². The highest BCUT2D eigenvalue weighted by Crippen LogP contribution is 2.23. The molecule has 1 aliphatic rings. The zero-order valence-corrected chi connectivity index (χ0v) is 15.2. The van der Waals surface area contributed by atoms with Crippen molar-refractivity contribution in [3.05, 3.63) is 24.3 Å². The molecule has 0 saturated carbocycles. The fourth-order valence-corrected chi connectivity index (χ4v) is 2.81. The molecule has 0 aromatic carbocycles. The lowest BCUT2D eigenvalue weighted by molar-refractivity contribution is 0.0104. The lowest BCUT2D eigenvalue weighted by Crippen LogP contribution is -2.43. The lowest BCUT2D eigenvalue weighted by Gasteiger charge is -2.34. The van der Waals surface area contributed by atoms with Gasteiger partial charge in [-0.1, -0.05) is 0 Å². The number of aromatic nitrogens is 2. The van der Waals surface area contributed by atoms with Gasteiger partial charge in [-0.3, -0.25) is 9.97 Å². The molecule has 0 aliphatic carbocycles. The standard InChI is InChI=1S/C18H29N3O3/c1-14(16-12-19-8-9-20-16)23-11-7-15-6-5-10-21(13-15)17(22)24-18(2,3)4/h8-9,12,14-15H,5-7,10-11,13H2,1-4H3/t14-,15+/m0/s1. The van der Waals surface area contributed by atoms with Crippen LogP contribution in [-0.2, 0) is 9.47 Å². The Labute approximate surface area is 144 Å². The van der Waals surface area contributed by atoms with Gasteiger partial charge < -0.3 is 14.4 Å². The Hall–Kier alpha value is -1.69. The SMILES string of the molecule is C[C@H](OCC[C@H]1CCCN(C(=O)OC(C)(C)C)C1)c1cnccn1. The summed E-state index contributed by atoms with van der Waals surface area (Å²) in [6.45, 7) is 9.86. The largest absolute Gasteiger partial charge is 0.444 e. The van der Waals surface area contributed by atoms with Gasteiger partial charge in [0.25, 0.3) is 0 Å². The average molecular weight is 335 g/mol. The molecule has 134 valence electrons. The third-order valence-electron chi connectivity index (χ3n) is 4.06. The van der Waals surface area contributed by atoms with E-state index in [1.807, 2.05) is 32.6 Å². The van der Waals surface area contributed by atoms with Crippen molar-refractivity contribution in [3.63, 3.8) is 0 Å². The van der Waals surface area contributed by atoms with E-state index >= 15 is 0 Å². The molecule has 0 N–H and O–H groups in total. The topological polar surface area (TPSA) is 64.5 Å². The van der Waals surface area contributed by atoms with Crippen LogP contribution in [0.3, 0.4) is 0 Å². The van der Waals surface area contributed by atoms with Gasteiger partial charge in [-0.15, -0.1) is 0 Å². The van der Waals surface area contributed by atoms with Crippen molar-refractivity contribution in [2.75, 3.05) is 19.7 Å². The molecule has 1 saturated heterocycles. The number of hydrogen-bond acceptors (Lipinski definition) is 5. The summed E-state index contributed by atoms with van der Waals surface area (Å²) in [5, 5.41) is 0. The van der Waals surface area contributed by atoms with Gasteiger partial charge in [0, 0.05) is 32.1 Å². The third kappa shape index (κ3) is 6.07. The molecule has 0 bridgehead atoms. The molecule has 1 aliphatic heterocycles. The molecule has 2 rings (SSSR count). The first-order valence-corrected chi connectivity index (χ1v) is 8.70. The zero-order chi connectivity index (χ0) is 17.6. The summed E-state index contributed by atoms with van der Waals surface area (Å²) < 4.78 is 11.3. The van der Waals surface area contributed by atoms with E-state index in [2.05, 4.69) is 9.97 Å². The second-order valence-corrected chi connectivity index (χ2v) is 7.37. The monoisotopic (exact) mass is 335 g/mol. The van der Waals surface area contributed by atoms with E-state index < -0.39 is 5.60 Å². The summed E-state index contributed by atoms with van der Waals surface area (Å²) in [7, 11) is 0. The second kappa shape index (κ2) is 8.42. The minimum atomic E-state index is -0.445. The molecule has 1 amide bonds. The Morgan fingerprint density at radius 2 is 2.21 bits per heavy atom. The van der Waals surface area contributed by atoms with Crippen molar-refractivity contribution in [3.8, 4) is 0 Å². The van der Waals surface area contributed by atoms with Crippen LogP contribution in [0.5, 0.6) is 0 Å². The number of piperidine rings is 1. The smallest absolute Gasteiger partial charge is 0.410 e. The molecule has 1 aromatic rings. The highest BCUT2D eigenvalue weighted by molar-refractivity contribution is 5.68. The Balaban J connectivity index is 1.74. The summed E-state index contributed by atoms with van der Waals surface area (Å²) in [6, 6.07) is 0. The molecule has 6 heteroatoms. The number of carbonyl (C=O) groups excluding carboxylic acids is 1. The third-order valence-corrected chi connectivity index (χ3v) is 4.06. The molecule has 0 unspecified atom stereocenters. The van der Waals surface area contributed by atoms with E-state index in [0.29, 0.717) is 12.5 Å². The van der Waals surface area contributed by atoms with Crippen molar-refractivity contribution >= 4 is 6.09 Å². The lowest BCUT2D eigenvalue weighted by atomic mass is 9.95. The van der Waals surface area contributed by atoms with Crippen LogP contribution in [-0.4, -0.2) is 46.3 Å². The number of rotatable bonds is 5. The minimum Gasteiger partial charge on any atom is -0.444 e. The summed E-state index contributed by atoms with van der Waals surface area (Å²) in [4.78, 5) is 22.3. The normalized spacial score (nSPS) is 19.8. The van der Waals surface area contributed by atoms with Crippen LogP contribution in [0.1, 0.15) is 58.8 Å². The molecule has 2 heterocycles. The van der Waals surface area contributed by atoms with E-state index in [1.54, 1.807) is 18.6 Å². The van der Waals surface area contributed by atoms with Gasteiger partial charge in [0.05, 0.1) is 18.0 Å². The second-order valence-electron chi connectivity index (χ2n) is 7.37. The van der Waals surface area contributed by atoms with Gasteiger partial charge in [0.1, 0.15) is 5.60 Å². The quantitative estimate of drug-likeness (QED) is 0.823. The first kappa shape index (κ1) is 18.6. The number of nitrogens with zero attached hydrogens (tertiary/aromatic N) is 3. The summed E-state index contributed by atoms with van der Waals surface area (Å²) in [5.74, 6) is 0.459. The molecule has 2 atom stereocenters. The average Bonchev–Trinajstić information content (AvgIpc) is 2.54. The predicted molar refractivity (Wildman–Crippen MR) is 91.5 cm³/mol. The van der Waals surface area contributed by atoms with Crippen LogP contribution in [0.4, 0.5) is 4.79 Å². The molecule has 1 aromatic heterocycles. The molecule has 0 spiro atoms. The highest BCUT2D eigenvalue weighted by atomic mass is 16.6. The van der Waals surface area contributed by atoms with Crippen molar-refractivity contribution in [2.45, 2.75) is 58.7 Å². The van der Waals surface area contributed by atoms with E-state index in [-0.39, 0.29) is 12.2 Å². The maximum atomic E-state index is 12.2. The van der Waals surface area contributed by atoms with Crippen molar-refractivity contribution in [1.82, 2.24) is 14.9 Å². The van der Waals surface area contributed by atoms with Crippen LogP contribution >= 0.6 is 0 Å². The number of amides is 1. The van der Waals surface area contributed by atoms with Crippen LogP contribution in [0, 0.1) is 5.92 Å². The van der Waals surface area contributed by atoms with Gasteiger partial charge in [0.2, 0.25) is 0 Å². The van der Waals surface area contributed by atoms with Gasteiger partial charge in [0.15, 0.2) is 0 Å². The van der Waals surface area contributed by atoms with Crippen LogP contribution in [0.2, 0.25) is 0 Å². The van der Waals surface area contributed by atoms with Crippen LogP contribution in [0.25, 0.3) is 0 Å². The van der Waals surface area contributed by atoms with E-state index in [0.717, 1.165) is 38.0 Å². The first-order valence-electron chi connectivity index (χ1n) is 8.70. The maximum Gasteiger partial charge on any atom is 0.410 e. The van der Waals surface area contributed by atoms with E-state index in [1.165, 1.54) is 0 Å². The predicted octanol–water partition coefficient (Wildman–Crippen LogP) is 3.59. The molecule has 24 heavy (non-hydrogen) atoms. The van der Waals surface area contributed by atoms with Crippen LogP contribution in [0.15, 0.2) is 18.6 Å². The summed E-state index contributed by atoms with van der Waals surface area (Å²) >= 11 is 0. The first-order chi connectivity index (χ1) is 11.3. The molecule has 6 nitrogen and oxygen atoms in total. The summed E-state index contributed by atoms with van der Waals surface area (Å²) in [5.41, 5.74) is 0.399. The van der Waals surface area contributed by atoms with Crippen LogP contribution < -0.4 is 0 Å². The molecule has 0 radical (unpaired) electrons. The highest BCUT2D eigenvalue weighted by Gasteiger charge is 2.27. The van der Waals surface area contributed by atoms with Crippen molar-refractivity contribution < 1.29 is 14.3 Å². The Bertz CT molecular complexity index is 516. The van der Waals surface area contributed by atoms with Gasteiger partial charge in [-0.25, -0.2) is 4.79 Å². The fraction of sp³-hybridized carbons (Fsp3) is 0.722. The Morgan fingerprint density at radius 1 is 1.42 bits per heavy atom. The van der Waals surface area contributed by atoms with E-state index in [4.69, 9.17) is 9.47 Å². The van der Waals surface area contributed by atoms with Crippen molar-refractivity contribution in [1.29, 1.82) is 0 Å². The van der Waals surface area contributed by atoms with Gasteiger partial charge >= 0.3 is 6.09 Å². The Kier molecular flexibility index (Phi) is 6.54. The molecular formula is C18H29N3O3. The zero-order valence-electron chi connectivity index (χ0n) is 15.2.